The maximum atomic E-state index is 12.3. The van der Waals surface area contributed by atoms with Gasteiger partial charge in [-0.15, -0.1) is 0 Å². The van der Waals surface area contributed by atoms with Crippen molar-refractivity contribution in [2.45, 2.75) is 51.5 Å². The van der Waals surface area contributed by atoms with Crippen LogP contribution in [0.2, 0.25) is 0 Å². The fourth-order valence-electron chi connectivity index (χ4n) is 2.11. The molecule has 7 nitrogen and oxygen atoms in total. The first-order valence-electron chi connectivity index (χ1n) is 7.91. The van der Waals surface area contributed by atoms with Gasteiger partial charge in [0.15, 0.2) is 0 Å². The van der Waals surface area contributed by atoms with E-state index < -0.39 is 6.04 Å². The summed E-state index contributed by atoms with van der Waals surface area (Å²) in [6, 6.07) is -0.606. The molecular weight excluding hydrogens is 282 g/mol. The van der Waals surface area contributed by atoms with E-state index >= 15 is 0 Å². The first kappa shape index (κ1) is 18.2. The van der Waals surface area contributed by atoms with Gasteiger partial charge in [-0.3, -0.25) is 9.59 Å². The minimum Gasteiger partial charge on any atom is -0.354 e. The number of H-pyrrole nitrogens is 1. The lowest BCUT2D eigenvalue weighted by Gasteiger charge is -2.18. The standard InChI is InChI=1S/C15H27N5O2/c1-2-3-4-5-8-18-15(22)13(20-14(21)6-7-16)9-12-10-17-11-19-12/h10-11,13H,2-9,16H2,1H3,(H,17,19)(H,18,22)(H,20,21)/t13-/m0/s1. The number of nitrogens with zero attached hydrogens (tertiary/aromatic N) is 1. The molecule has 124 valence electrons. The third-order valence-corrected chi connectivity index (χ3v) is 3.33. The first-order valence-corrected chi connectivity index (χ1v) is 7.91. The number of carbonyl (C=O) groups is 2. The third-order valence-electron chi connectivity index (χ3n) is 3.33. The van der Waals surface area contributed by atoms with Gasteiger partial charge in [0.1, 0.15) is 6.04 Å². The largest absolute Gasteiger partial charge is 0.354 e. The van der Waals surface area contributed by atoms with Crippen molar-refractivity contribution in [3.63, 3.8) is 0 Å². The highest BCUT2D eigenvalue weighted by Gasteiger charge is 2.21. The van der Waals surface area contributed by atoms with Crippen LogP contribution in [0.3, 0.4) is 0 Å². The second-order valence-electron chi connectivity index (χ2n) is 5.29. The molecule has 22 heavy (non-hydrogen) atoms. The van der Waals surface area contributed by atoms with E-state index in [1.54, 1.807) is 12.5 Å². The summed E-state index contributed by atoms with van der Waals surface area (Å²) in [5.74, 6) is -0.385. The molecule has 0 aromatic carbocycles. The van der Waals surface area contributed by atoms with Crippen LogP contribution in [0, 0.1) is 0 Å². The third kappa shape index (κ3) is 7.21. The van der Waals surface area contributed by atoms with Crippen molar-refractivity contribution in [3.8, 4) is 0 Å². The highest BCUT2D eigenvalue weighted by molar-refractivity contribution is 5.87. The molecule has 7 heteroatoms. The van der Waals surface area contributed by atoms with E-state index in [-0.39, 0.29) is 24.8 Å². The lowest BCUT2D eigenvalue weighted by molar-refractivity contribution is -0.128. The fraction of sp³-hybridized carbons (Fsp3) is 0.667. The van der Waals surface area contributed by atoms with E-state index in [0.717, 1.165) is 25.0 Å². The number of nitrogens with one attached hydrogen (secondary N) is 3. The molecule has 0 fully saturated rings. The second kappa shape index (κ2) is 10.8. The molecule has 0 unspecified atom stereocenters. The van der Waals surface area contributed by atoms with Crippen molar-refractivity contribution in [3.05, 3.63) is 18.2 Å². The van der Waals surface area contributed by atoms with Gasteiger partial charge in [-0.05, 0) is 6.42 Å². The second-order valence-corrected chi connectivity index (χ2v) is 5.29. The molecule has 0 aliphatic rings. The van der Waals surface area contributed by atoms with Gasteiger partial charge in [0, 0.05) is 37.8 Å². The molecule has 2 amide bonds. The van der Waals surface area contributed by atoms with E-state index in [4.69, 9.17) is 5.73 Å². The molecule has 0 aliphatic heterocycles. The van der Waals surface area contributed by atoms with Crippen molar-refractivity contribution in [2.24, 2.45) is 5.73 Å². The van der Waals surface area contributed by atoms with Crippen LogP contribution >= 0.6 is 0 Å². The zero-order valence-corrected chi connectivity index (χ0v) is 13.2. The number of hydrogen-bond donors (Lipinski definition) is 4. The zero-order valence-electron chi connectivity index (χ0n) is 13.2. The summed E-state index contributed by atoms with van der Waals surface area (Å²) >= 11 is 0. The average molecular weight is 309 g/mol. The summed E-state index contributed by atoms with van der Waals surface area (Å²) in [4.78, 5) is 30.8. The summed E-state index contributed by atoms with van der Waals surface area (Å²) < 4.78 is 0. The number of amides is 2. The van der Waals surface area contributed by atoms with E-state index in [0.29, 0.717) is 13.0 Å². The Kier molecular flexibility index (Phi) is 8.90. The summed E-state index contributed by atoms with van der Waals surface area (Å²) in [6.07, 6.45) is 8.18. The highest BCUT2D eigenvalue weighted by Crippen LogP contribution is 2.01. The number of nitrogens with two attached hydrogens (primary N) is 1. The lowest BCUT2D eigenvalue weighted by atomic mass is 10.1. The van der Waals surface area contributed by atoms with Gasteiger partial charge in [0.05, 0.1) is 6.33 Å². The molecule has 0 aliphatic carbocycles. The molecule has 1 aromatic rings. The van der Waals surface area contributed by atoms with E-state index in [1.165, 1.54) is 6.42 Å². The van der Waals surface area contributed by atoms with Crippen LogP contribution in [0.5, 0.6) is 0 Å². The minimum absolute atomic E-state index is 0.170. The van der Waals surface area contributed by atoms with Crippen LogP contribution in [0.1, 0.15) is 44.7 Å². The summed E-state index contributed by atoms with van der Waals surface area (Å²) in [5, 5.41) is 5.61. The first-order chi connectivity index (χ1) is 10.7. The summed E-state index contributed by atoms with van der Waals surface area (Å²) in [6.45, 7) is 3.04. The molecule has 0 spiro atoms. The number of carbonyl (C=O) groups excluding carboxylic acids is 2. The molecule has 5 N–H and O–H groups in total. The molecule has 1 aromatic heterocycles. The Morgan fingerprint density at radius 1 is 1.36 bits per heavy atom. The molecule has 1 heterocycles. The van der Waals surface area contributed by atoms with Crippen LogP contribution in [0.4, 0.5) is 0 Å². The summed E-state index contributed by atoms with van der Waals surface area (Å²) in [7, 11) is 0. The predicted octanol–water partition coefficient (Wildman–Crippen LogP) is 0.482. The quantitative estimate of drug-likeness (QED) is 0.445. The maximum Gasteiger partial charge on any atom is 0.242 e. The molecular formula is C15H27N5O2. The lowest BCUT2D eigenvalue weighted by Crippen LogP contribution is -2.48. The Labute approximate surface area is 131 Å². The topological polar surface area (TPSA) is 113 Å². The van der Waals surface area contributed by atoms with Gasteiger partial charge in [0.2, 0.25) is 11.8 Å². The molecule has 0 saturated heterocycles. The van der Waals surface area contributed by atoms with Crippen molar-refractivity contribution in [1.29, 1.82) is 0 Å². The van der Waals surface area contributed by atoms with Gasteiger partial charge < -0.3 is 21.4 Å². The number of rotatable bonds is 11. The fourth-order valence-corrected chi connectivity index (χ4v) is 2.11. The Morgan fingerprint density at radius 2 is 2.18 bits per heavy atom. The molecule has 0 saturated carbocycles. The Balaban J connectivity index is 2.48. The predicted molar refractivity (Wildman–Crippen MR) is 85.0 cm³/mol. The van der Waals surface area contributed by atoms with Crippen LogP contribution in [-0.2, 0) is 16.0 Å². The number of aromatic amines is 1. The minimum atomic E-state index is -0.606. The molecule has 1 atom stereocenters. The maximum absolute atomic E-state index is 12.3. The van der Waals surface area contributed by atoms with Crippen LogP contribution in [0.15, 0.2) is 12.5 Å². The number of unbranched alkanes of at least 4 members (excludes halogenated alkanes) is 3. The van der Waals surface area contributed by atoms with Crippen molar-refractivity contribution < 1.29 is 9.59 Å². The SMILES string of the molecule is CCCCCCNC(=O)[C@H](Cc1cnc[nH]1)NC(=O)CCN. The van der Waals surface area contributed by atoms with Gasteiger partial charge >= 0.3 is 0 Å². The number of aromatic nitrogens is 2. The average Bonchev–Trinajstić information content (AvgIpc) is 2.99. The summed E-state index contributed by atoms with van der Waals surface area (Å²) in [5.41, 5.74) is 6.17. The smallest absolute Gasteiger partial charge is 0.242 e. The van der Waals surface area contributed by atoms with E-state index in [1.807, 2.05) is 0 Å². The monoisotopic (exact) mass is 309 g/mol. The molecule has 1 rings (SSSR count). The van der Waals surface area contributed by atoms with Crippen LogP contribution < -0.4 is 16.4 Å². The zero-order chi connectivity index (χ0) is 16.2. The molecule has 0 bridgehead atoms. The van der Waals surface area contributed by atoms with Crippen molar-refractivity contribution >= 4 is 11.8 Å². The van der Waals surface area contributed by atoms with E-state index in [2.05, 4.69) is 27.5 Å². The van der Waals surface area contributed by atoms with Crippen molar-refractivity contribution in [1.82, 2.24) is 20.6 Å². The Bertz CT molecular complexity index is 433. The molecule has 0 radical (unpaired) electrons. The van der Waals surface area contributed by atoms with Crippen LogP contribution in [-0.4, -0.2) is 40.9 Å². The normalized spacial score (nSPS) is 11.9. The van der Waals surface area contributed by atoms with Gasteiger partial charge in [-0.2, -0.15) is 0 Å². The van der Waals surface area contributed by atoms with Crippen molar-refractivity contribution in [2.75, 3.05) is 13.1 Å². The van der Waals surface area contributed by atoms with Gasteiger partial charge in [-0.1, -0.05) is 26.2 Å². The van der Waals surface area contributed by atoms with Gasteiger partial charge in [0.25, 0.3) is 0 Å². The highest BCUT2D eigenvalue weighted by atomic mass is 16.2. The Morgan fingerprint density at radius 3 is 2.82 bits per heavy atom. The number of hydrogen-bond acceptors (Lipinski definition) is 4. The van der Waals surface area contributed by atoms with Crippen LogP contribution in [0.25, 0.3) is 0 Å². The van der Waals surface area contributed by atoms with E-state index in [9.17, 15) is 9.59 Å². The Hall–Kier alpha value is -1.89. The number of imidazole rings is 1. The van der Waals surface area contributed by atoms with Gasteiger partial charge in [-0.25, -0.2) is 4.98 Å².